The largest absolute Gasteiger partial charge is 0.349 e. The number of piperidine rings is 1. The molecule has 3 heterocycles. The van der Waals surface area contributed by atoms with Gasteiger partial charge in [-0.1, -0.05) is 51.7 Å². The first-order valence-electron chi connectivity index (χ1n) is 10.4. The minimum atomic E-state index is -0.316. The highest BCUT2D eigenvalue weighted by Crippen LogP contribution is 2.31. The second kappa shape index (κ2) is 11.6. The van der Waals surface area contributed by atoms with Gasteiger partial charge in [-0.3, -0.25) is 15.1 Å². The van der Waals surface area contributed by atoms with Crippen LogP contribution in [0.5, 0.6) is 0 Å². The second-order valence-corrected chi connectivity index (χ2v) is 7.79. The van der Waals surface area contributed by atoms with Crippen LogP contribution >= 0.6 is 12.2 Å². The maximum Gasteiger partial charge on any atom is 0.238 e. The van der Waals surface area contributed by atoms with Gasteiger partial charge in [0.15, 0.2) is 5.11 Å². The molecule has 0 radical (unpaired) electrons. The van der Waals surface area contributed by atoms with Crippen LogP contribution in [0.15, 0.2) is 61.5 Å². The molecular weight excluding hydrogens is 394 g/mol. The number of pyridine rings is 1. The molecule has 2 saturated heterocycles. The summed E-state index contributed by atoms with van der Waals surface area (Å²) in [6.45, 7) is 14.3. The van der Waals surface area contributed by atoms with E-state index >= 15 is 0 Å². The summed E-state index contributed by atoms with van der Waals surface area (Å²) in [5.74, 6) is 0.123. The molecule has 30 heavy (non-hydrogen) atoms. The first-order valence-corrected chi connectivity index (χ1v) is 10.9. The van der Waals surface area contributed by atoms with Crippen molar-refractivity contribution in [1.82, 2.24) is 20.1 Å². The number of allylic oxidation sites excluding steroid dienone is 2. The predicted octanol–water partition coefficient (Wildman–Crippen LogP) is 3.72. The Hall–Kier alpha value is -2.51. The first kappa shape index (κ1) is 23.8. The van der Waals surface area contributed by atoms with E-state index in [4.69, 9.17) is 12.2 Å². The zero-order valence-electron chi connectivity index (χ0n) is 18.1. The number of hydrogen-bond acceptors (Lipinski definition) is 4. The number of amides is 1. The number of carbonyl (C=O) groups is 1. The molecule has 0 saturated carbocycles. The minimum absolute atomic E-state index is 0.123. The summed E-state index contributed by atoms with van der Waals surface area (Å²) < 4.78 is 0. The number of aromatic nitrogens is 1. The fourth-order valence-electron chi connectivity index (χ4n) is 3.59. The van der Waals surface area contributed by atoms with Gasteiger partial charge >= 0.3 is 0 Å². The number of rotatable bonds is 5. The monoisotopic (exact) mass is 427 g/mol. The molecule has 1 amide bonds. The minimum Gasteiger partial charge on any atom is -0.349 e. The van der Waals surface area contributed by atoms with Crippen LogP contribution in [0.4, 0.5) is 5.69 Å². The Morgan fingerprint density at radius 2 is 1.93 bits per heavy atom. The van der Waals surface area contributed by atoms with Gasteiger partial charge < -0.3 is 15.1 Å². The topological polar surface area (TPSA) is 60.5 Å². The highest BCUT2D eigenvalue weighted by atomic mass is 32.1. The number of hydrogen-bond donors (Lipinski definition) is 2. The van der Waals surface area contributed by atoms with E-state index in [1.165, 1.54) is 6.42 Å². The van der Waals surface area contributed by atoms with Crippen molar-refractivity contribution < 1.29 is 4.79 Å². The van der Waals surface area contributed by atoms with E-state index in [1.807, 2.05) is 23.1 Å². The normalized spacial score (nSPS) is 17.9. The number of thiocarbonyl (C=S) groups is 1. The van der Waals surface area contributed by atoms with Gasteiger partial charge in [-0.25, -0.2) is 0 Å². The van der Waals surface area contributed by atoms with E-state index in [0.29, 0.717) is 18.2 Å². The van der Waals surface area contributed by atoms with Gasteiger partial charge in [0.1, 0.15) is 0 Å². The van der Waals surface area contributed by atoms with Gasteiger partial charge in [-0.2, -0.15) is 0 Å². The van der Waals surface area contributed by atoms with E-state index in [0.717, 1.165) is 37.2 Å². The van der Waals surface area contributed by atoms with Gasteiger partial charge in [0.2, 0.25) is 5.91 Å². The average Bonchev–Trinajstić information content (AvgIpc) is 3.04. The van der Waals surface area contributed by atoms with Crippen molar-refractivity contribution in [1.29, 1.82) is 0 Å². The second-order valence-electron chi connectivity index (χ2n) is 7.41. The van der Waals surface area contributed by atoms with Crippen LogP contribution in [0.2, 0.25) is 0 Å². The first-order chi connectivity index (χ1) is 14.5. The Balaban J connectivity index is 0.00000101. The third-order valence-corrected chi connectivity index (χ3v) is 5.49. The number of nitrogens with one attached hydrogen (secondary N) is 2. The summed E-state index contributed by atoms with van der Waals surface area (Å²) >= 11 is 5.55. The SMILES string of the molecule is C=C/C=C(\C=C)CN1C(=O)CNC12CCN(C(=S)Nc1ccncc1)CC2.CCC. The molecule has 0 unspecified atom stereocenters. The third-order valence-electron chi connectivity index (χ3n) is 5.13. The van der Waals surface area contributed by atoms with E-state index in [-0.39, 0.29) is 11.6 Å². The number of likely N-dealkylation sites (tertiary alicyclic amines) is 1. The Kier molecular flexibility index (Phi) is 9.20. The van der Waals surface area contributed by atoms with Gasteiger partial charge in [0.05, 0.1) is 12.2 Å². The molecule has 1 spiro atoms. The Morgan fingerprint density at radius 1 is 1.30 bits per heavy atom. The summed E-state index contributed by atoms with van der Waals surface area (Å²) in [6, 6.07) is 3.78. The molecule has 0 aromatic carbocycles. The molecule has 0 bridgehead atoms. The summed E-state index contributed by atoms with van der Waals surface area (Å²) in [5, 5.41) is 7.39. The van der Waals surface area contributed by atoms with Crippen molar-refractivity contribution in [2.45, 2.75) is 38.8 Å². The molecule has 2 aliphatic heterocycles. The lowest BCUT2D eigenvalue weighted by molar-refractivity contribution is -0.130. The summed E-state index contributed by atoms with van der Waals surface area (Å²) in [6.07, 6.45) is 11.7. The summed E-state index contributed by atoms with van der Waals surface area (Å²) in [5.41, 5.74) is 1.60. The molecule has 2 aliphatic rings. The van der Waals surface area contributed by atoms with Crippen LogP contribution in [0.1, 0.15) is 33.1 Å². The zero-order valence-corrected chi connectivity index (χ0v) is 18.9. The highest BCUT2D eigenvalue weighted by molar-refractivity contribution is 7.80. The van der Waals surface area contributed by atoms with Crippen LogP contribution < -0.4 is 10.6 Å². The Bertz CT molecular complexity index is 769. The standard InChI is InChI=1S/C20H25N5OS.C3H8/c1-3-5-16(4-2)15-25-18(26)14-22-20(25)8-12-24(13-9-20)19(27)23-17-6-10-21-11-7-17;1-3-2/h3-7,10-11,22H,1-2,8-9,12-15H2,(H,21,23,27);3H2,1-2H3/b16-5+;. The lowest BCUT2D eigenvalue weighted by atomic mass is 9.95. The number of nitrogens with zero attached hydrogens (tertiary/aromatic N) is 3. The predicted molar refractivity (Wildman–Crippen MR) is 128 cm³/mol. The third kappa shape index (κ3) is 6.00. The number of carbonyl (C=O) groups excluding carboxylic acids is 1. The van der Waals surface area contributed by atoms with Crippen molar-refractivity contribution in [2.24, 2.45) is 0 Å². The molecule has 2 fully saturated rings. The van der Waals surface area contributed by atoms with E-state index in [2.05, 4.69) is 47.5 Å². The van der Waals surface area contributed by atoms with Crippen LogP contribution in [-0.2, 0) is 4.79 Å². The lowest BCUT2D eigenvalue weighted by Gasteiger charge is -2.45. The summed E-state index contributed by atoms with van der Waals surface area (Å²) in [7, 11) is 0. The number of anilines is 1. The molecule has 6 nitrogen and oxygen atoms in total. The van der Waals surface area contributed by atoms with Crippen molar-refractivity contribution in [3.8, 4) is 0 Å². The maximum atomic E-state index is 12.5. The van der Waals surface area contributed by atoms with Crippen LogP contribution in [0, 0.1) is 0 Å². The van der Waals surface area contributed by atoms with Crippen LogP contribution in [0.25, 0.3) is 0 Å². The molecule has 0 atom stereocenters. The molecule has 2 N–H and O–H groups in total. The van der Waals surface area contributed by atoms with Crippen molar-refractivity contribution >= 4 is 28.9 Å². The lowest BCUT2D eigenvalue weighted by Crippen LogP contribution is -2.59. The smallest absolute Gasteiger partial charge is 0.238 e. The average molecular weight is 428 g/mol. The molecular formula is C23H33N5OS. The van der Waals surface area contributed by atoms with Crippen LogP contribution in [0.3, 0.4) is 0 Å². The van der Waals surface area contributed by atoms with E-state index in [1.54, 1.807) is 24.5 Å². The Labute approximate surface area is 185 Å². The molecule has 0 aliphatic carbocycles. The Morgan fingerprint density at radius 3 is 2.50 bits per heavy atom. The fraction of sp³-hybridized carbons (Fsp3) is 0.435. The highest BCUT2D eigenvalue weighted by Gasteiger charge is 2.46. The van der Waals surface area contributed by atoms with Crippen LogP contribution in [-0.4, -0.2) is 57.6 Å². The van der Waals surface area contributed by atoms with Gasteiger partial charge in [-0.05, 0) is 29.9 Å². The van der Waals surface area contributed by atoms with Gasteiger partial charge in [-0.15, -0.1) is 0 Å². The zero-order chi connectivity index (χ0) is 22.0. The molecule has 7 heteroatoms. The van der Waals surface area contributed by atoms with Crippen molar-refractivity contribution in [2.75, 3.05) is 31.5 Å². The molecule has 162 valence electrons. The van der Waals surface area contributed by atoms with E-state index in [9.17, 15) is 4.79 Å². The molecule has 1 aromatic heterocycles. The molecule has 3 rings (SSSR count). The maximum absolute atomic E-state index is 12.5. The quantitative estimate of drug-likeness (QED) is 0.552. The summed E-state index contributed by atoms with van der Waals surface area (Å²) in [4.78, 5) is 20.6. The van der Waals surface area contributed by atoms with Crippen molar-refractivity contribution in [3.05, 3.63) is 61.5 Å². The molecule has 1 aromatic rings. The van der Waals surface area contributed by atoms with Gasteiger partial charge in [0, 0.05) is 50.6 Å². The fourth-order valence-corrected chi connectivity index (χ4v) is 3.89. The van der Waals surface area contributed by atoms with Crippen molar-refractivity contribution in [3.63, 3.8) is 0 Å². The van der Waals surface area contributed by atoms with E-state index < -0.39 is 0 Å². The van der Waals surface area contributed by atoms with Gasteiger partial charge in [0.25, 0.3) is 0 Å².